The molecule has 0 saturated heterocycles. The quantitative estimate of drug-likeness (QED) is 0.331. The first-order chi connectivity index (χ1) is 16.3. The van der Waals surface area contributed by atoms with Gasteiger partial charge in [0.2, 0.25) is 0 Å². The summed E-state index contributed by atoms with van der Waals surface area (Å²) in [5.41, 5.74) is 5.23. The Morgan fingerprint density at radius 3 is 2.65 bits per heavy atom. The van der Waals surface area contributed by atoms with Crippen LogP contribution in [0.3, 0.4) is 0 Å². The number of nitrogens with zero attached hydrogens (tertiary/aromatic N) is 2. The van der Waals surface area contributed by atoms with Gasteiger partial charge < -0.3 is 10.1 Å². The summed E-state index contributed by atoms with van der Waals surface area (Å²) in [5, 5.41) is 7.63. The van der Waals surface area contributed by atoms with Gasteiger partial charge in [-0.1, -0.05) is 47.5 Å². The van der Waals surface area contributed by atoms with Crippen LogP contribution in [0, 0.1) is 26.6 Å². The second kappa shape index (κ2) is 10.1. The Balaban J connectivity index is 1.42. The molecule has 4 rings (SSSR count). The Bertz CT molecular complexity index is 1350. The maximum absolute atomic E-state index is 13.3. The molecule has 7 heteroatoms. The molecule has 1 N–H and O–H groups in total. The molecule has 1 amide bonds. The summed E-state index contributed by atoms with van der Waals surface area (Å²) < 4.78 is 21.0. The van der Waals surface area contributed by atoms with Crippen molar-refractivity contribution in [2.75, 3.05) is 5.32 Å². The highest BCUT2D eigenvalue weighted by atomic mass is 35.5. The molecule has 0 bridgehead atoms. The fourth-order valence-electron chi connectivity index (χ4n) is 3.66. The number of ether oxygens (including phenoxy) is 1. The van der Waals surface area contributed by atoms with Crippen molar-refractivity contribution >= 4 is 23.3 Å². The summed E-state index contributed by atoms with van der Waals surface area (Å²) in [7, 11) is 0. The molecule has 0 aliphatic rings. The Kier molecular flexibility index (Phi) is 6.98. The number of halogens is 2. The SMILES string of the molecule is Cc1ccc(OCc2cccc(C(=O)Nc3cc(C)n(Cc4ccc(F)cc4Cl)n3)c2)c(C)c1. The van der Waals surface area contributed by atoms with Gasteiger partial charge >= 0.3 is 0 Å². The first kappa shape index (κ1) is 23.5. The van der Waals surface area contributed by atoms with Crippen LogP contribution in [0.4, 0.5) is 10.2 Å². The van der Waals surface area contributed by atoms with Crippen LogP contribution in [0.1, 0.15) is 38.3 Å². The monoisotopic (exact) mass is 477 g/mol. The zero-order valence-corrected chi connectivity index (χ0v) is 20.0. The molecule has 5 nitrogen and oxygen atoms in total. The molecular weight excluding hydrogens is 453 g/mol. The number of carbonyl (C=O) groups is 1. The molecule has 0 radical (unpaired) electrons. The third kappa shape index (κ3) is 5.64. The lowest BCUT2D eigenvalue weighted by atomic mass is 10.1. The van der Waals surface area contributed by atoms with E-state index in [0.29, 0.717) is 29.6 Å². The third-order valence-electron chi connectivity index (χ3n) is 5.47. The minimum absolute atomic E-state index is 0.266. The number of hydrogen-bond acceptors (Lipinski definition) is 3. The average Bonchev–Trinajstić information content (AvgIpc) is 3.13. The molecule has 3 aromatic carbocycles. The predicted octanol–water partition coefficient (Wildman–Crippen LogP) is 6.48. The molecule has 0 atom stereocenters. The van der Waals surface area contributed by atoms with E-state index in [2.05, 4.69) is 16.5 Å². The average molecular weight is 478 g/mol. The molecule has 0 unspecified atom stereocenters. The molecule has 0 saturated carbocycles. The fraction of sp³-hybridized carbons (Fsp3) is 0.185. The van der Waals surface area contributed by atoms with E-state index in [1.165, 1.54) is 17.7 Å². The van der Waals surface area contributed by atoms with Crippen LogP contribution in [0.15, 0.2) is 66.7 Å². The van der Waals surface area contributed by atoms with Crippen molar-refractivity contribution in [1.82, 2.24) is 9.78 Å². The van der Waals surface area contributed by atoms with Crippen molar-refractivity contribution < 1.29 is 13.9 Å². The van der Waals surface area contributed by atoms with E-state index in [9.17, 15) is 9.18 Å². The van der Waals surface area contributed by atoms with Crippen molar-refractivity contribution in [1.29, 1.82) is 0 Å². The molecule has 0 aliphatic carbocycles. The van der Waals surface area contributed by atoms with Gasteiger partial charge in [0.1, 0.15) is 18.2 Å². The van der Waals surface area contributed by atoms with Crippen LogP contribution in [-0.2, 0) is 13.2 Å². The van der Waals surface area contributed by atoms with Gasteiger partial charge in [-0.2, -0.15) is 5.10 Å². The van der Waals surface area contributed by atoms with Gasteiger partial charge in [-0.25, -0.2) is 4.39 Å². The summed E-state index contributed by atoms with van der Waals surface area (Å²) in [6, 6.07) is 19.4. The van der Waals surface area contributed by atoms with Crippen LogP contribution in [0.2, 0.25) is 5.02 Å². The van der Waals surface area contributed by atoms with E-state index in [1.807, 2.05) is 45.0 Å². The van der Waals surface area contributed by atoms with Crippen molar-refractivity contribution in [2.24, 2.45) is 0 Å². The molecule has 34 heavy (non-hydrogen) atoms. The van der Waals surface area contributed by atoms with Crippen LogP contribution < -0.4 is 10.1 Å². The molecule has 1 aromatic heterocycles. The number of rotatable bonds is 7. The van der Waals surface area contributed by atoms with E-state index in [0.717, 1.165) is 28.1 Å². The zero-order chi connectivity index (χ0) is 24.2. The number of aromatic nitrogens is 2. The number of amides is 1. The smallest absolute Gasteiger partial charge is 0.256 e. The summed E-state index contributed by atoms with van der Waals surface area (Å²) >= 11 is 6.14. The molecule has 0 aliphatic heterocycles. The number of benzene rings is 3. The molecule has 1 heterocycles. The second-order valence-electron chi connectivity index (χ2n) is 8.28. The lowest BCUT2D eigenvalue weighted by Crippen LogP contribution is -2.13. The van der Waals surface area contributed by atoms with Gasteiger partial charge in [-0.05, 0) is 67.8 Å². The van der Waals surface area contributed by atoms with Gasteiger partial charge in [0.05, 0.1) is 6.54 Å². The Morgan fingerprint density at radius 1 is 1.06 bits per heavy atom. The first-order valence-electron chi connectivity index (χ1n) is 10.9. The number of hydrogen-bond donors (Lipinski definition) is 1. The third-order valence-corrected chi connectivity index (χ3v) is 5.82. The zero-order valence-electron chi connectivity index (χ0n) is 19.2. The number of anilines is 1. The second-order valence-corrected chi connectivity index (χ2v) is 8.68. The van der Waals surface area contributed by atoms with Gasteiger partial charge in [0.25, 0.3) is 5.91 Å². The minimum Gasteiger partial charge on any atom is -0.489 e. The standard InChI is InChI=1S/C27H25ClFN3O2/c1-17-7-10-25(18(2)11-17)34-16-20-5-4-6-21(13-20)27(33)30-26-12-19(3)32(31-26)15-22-8-9-23(29)14-24(22)28/h4-14H,15-16H2,1-3H3,(H,30,31,33). The summed E-state index contributed by atoms with van der Waals surface area (Å²) in [4.78, 5) is 12.8. The van der Waals surface area contributed by atoms with Gasteiger partial charge in [0, 0.05) is 22.3 Å². The number of nitrogens with one attached hydrogen (secondary N) is 1. The highest BCUT2D eigenvalue weighted by molar-refractivity contribution is 6.31. The van der Waals surface area contributed by atoms with E-state index in [4.69, 9.17) is 16.3 Å². The van der Waals surface area contributed by atoms with Crippen molar-refractivity contribution in [3.63, 3.8) is 0 Å². The fourth-order valence-corrected chi connectivity index (χ4v) is 3.88. The lowest BCUT2D eigenvalue weighted by Gasteiger charge is -2.11. The lowest BCUT2D eigenvalue weighted by molar-refractivity contribution is 0.102. The van der Waals surface area contributed by atoms with Gasteiger partial charge in [0.15, 0.2) is 5.82 Å². The molecule has 0 spiro atoms. The Morgan fingerprint density at radius 2 is 1.88 bits per heavy atom. The van der Waals surface area contributed by atoms with Crippen molar-refractivity contribution in [3.8, 4) is 5.75 Å². The predicted molar refractivity (Wildman–Crippen MR) is 132 cm³/mol. The maximum atomic E-state index is 13.3. The largest absolute Gasteiger partial charge is 0.489 e. The minimum atomic E-state index is -0.388. The van der Waals surface area contributed by atoms with E-state index in [-0.39, 0.29) is 11.7 Å². The highest BCUT2D eigenvalue weighted by Gasteiger charge is 2.12. The molecule has 0 fully saturated rings. The van der Waals surface area contributed by atoms with Gasteiger partial charge in [-0.3, -0.25) is 9.48 Å². The number of carbonyl (C=O) groups excluding carboxylic acids is 1. The van der Waals surface area contributed by atoms with Crippen LogP contribution >= 0.6 is 11.6 Å². The van der Waals surface area contributed by atoms with Crippen molar-refractivity contribution in [3.05, 3.63) is 111 Å². The van der Waals surface area contributed by atoms with E-state index < -0.39 is 0 Å². The molecule has 174 valence electrons. The summed E-state index contributed by atoms with van der Waals surface area (Å²) in [6.45, 7) is 6.66. The van der Waals surface area contributed by atoms with Crippen LogP contribution in [0.25, 0.3) is 0 Å². The summed E-state index contributed by atoms with van der Waals surface area (Å²) in [6.07, 6.45) is 0. The first-order valence-corrected chi connectivity index (χ1v) is 11.2. The highest BCUT2D eigenvalue weighted by Crippen LogP contribution is 2.22. The van der Waals surface area contributed by atoms with Crippen LogP contribution in [0.5, 0.6) is 5.75 Å². The van der Waals surface area contributed by atoms with Gasteiger partial charge in [-0.15, -0.1) is 0 Å². The number of aryl methyl sites for hydroxylation is 3. The van der Waals surface area contributed by atoms with E-state index >= 15 is 0 Å². The van der Waals surface area contributed by atoms with Crippen LogP contribution in [-0.4, -0.2) is 15.7 Å². The van der Waals surface area contributed by atoms with E-state index in [1.54, 1.807) is 28.9 Å². The molecular formula is C27H25ClFN3O2. The topological polar surface area (TPSA) is 56.1 Å². The molecule has 4 aromatic rings. The Hall–Kier alpha value is -3.64. The van der Waals surface area contributed by atoms with Crippen molar-refractivity contribution in [2.45, 2.75) is 33.9 Å². The normalized spacial score (nSPS) is 10.9. The summed E-state index contributed by atoms with van der Waals surface area (Å²) in [5.74, 6) is 0.596. The Labute approximate surface area is 203 Å². The maximum Gasteiger partial charge on any atom is 0.256 e.